The zero-order chi connectivity index (χ0) is 15.6. The van der Waals surface area contributed by atoms with E-state index in [1.54, 1.807) is 0 Å². The SMILES string of the molecule is NC(=S)c1cn[nH]c1NC(=O)C1CCCCC1C(F)(F)F. The van der Waals surface area contributed by atoms with E-state index in [-0.39, 0.29) is 23.6 Å². The highest BCUT2D eigenvalue weighted by Gasteiger charge is 2.48. The van der Waals surface area contributed by atoms with E-state index in [9.17, 15) is 18.0 Å². The molecule has 1 saturated carbocycles. The first kappa shape index (κ1) is 15.7. The van der Waals surface area contributed by atoms with E-state index >= 15 is 0 Å². The molecule has 0 aliphatic heterocycles. The summed E-state index contributed by atoms with van der Waals surface area (Å²) in [6.07, 6.45) is -1.77. The molecule has 1 aliphatic rings. The highest BCUT2D eigenvalue weighted by Crippen LogP contribution is 2.41. The largest absolute Gasteiger partial charge is 0.392 e. The summed E-state index contributed by atoms with van der Waals surface area (Å²) in [6.45, 7) is 0. The van der Waals surface area contributed by atoms with Gasteiger partial charge in [0.15, 0.2) is 0 Å². The molecular weight excluding hydrogens is 305 g/mol. The predicted octanol–water partition coefficient (Wildman–Crippen LogP) is 2.35. The number of nitrogens with zero attached hydrogens (tertiary/aromatic N) is 1. The van der Waals surface area contributed by atoms with E-state index in [0.29, 0.717) is 18.4 Å². The maximum atomic E-state index is 13.0. The molecule has 9 heteroatoms. The molecule has 0 aromatic carbocycles. The molecular formula is C12H15F3N4OS. The number of carbonyl (C=O) groups is 1. The topological polar surface area (TPSA) is 83.8 Å². The van der Waals surface area contributed by atoms with Crippen LogP contribution in [0.5, 0.6) is 0 Å². The molecule has 1 amide bonds. The zero-order valence-electron chi connectivity index (χ0n) is 11.0. The number of rotatable bonds is 3. The molecule has 2 unspecified atom stereocenters. The number of halogens is 3. The van der Waals surface area contributed by atoms with Crippen molar-refractivity contribution < 1.29 is 18.0 Å². The van der Waals surface area contributed by atoms with Crippen LogP contribution < -0.4 is 11.1 Å². The average Bonchev–Trinajstić information content (AvgIpc) is 2.86. The van der Waals surface area contributed by atoms with Crippen molar-refractivity contribution in [1.82, 2.24) is 10.2 Å². The first-order chi connectivity index (χ1) is 9.80. The molecule has 0 saturated heterocycles. The Kier molecular flexibility index (Phi) is 4.50. The van der Waals surface area contributed by atoms with Gasteiger partial charge in [0.1, 0.15) is 10.8 Å². The molecule has 1 heterocycles. The second kappa shape index (κ2) is 6.00. The van der Waals surface area contributed by atoms with Crippen molar-refractivity contribution in [2.45, 2.75) is 31.9 Å². The van der Waals surface area contributed by atoms with Crippen LogP contribution >= 0.6 is 12.2 Å². The van der Waals surface area contributed by atoms with Crippen LogP contribution in [0.1, 0.15) is 31.2 Å². The first-order valence-corrected chi connectivity index (χ1v) is 6.92. The normalized spacial score (nSPS) is 22.8. The molecule has 0 spiro atoms. The van der Waals surface area contributed by atoms with E-state index < -0.39 is 23.9 Å². The van der Waals surface area contributed by atoms with Crippen LogP contribution in [0.3, 0.4) is 0 Å². The van der Waals surface area contributed by atoms with E-state index in [0.717, 1.165) is 0 Å². The van der Waals surface area contributed by atoms with Crippen molar-refractivity contribution in [3.8, 4) is 0 Å². The van der Waals surface area contributed by atoms with Gasteiger partial charge in [-0.25, -0.2) is 0 Å². The molecule has 2 atom stereocenters. The minimum atomic E-state index is -4.37. The molecule has 1 fully saturated rings. The fourth-order valence-corrected chi connectivity index (χ4v) is 2.78. The summed E-state index contributed by atoms with van der Waals surface area (Å²) in [5, 5.41) is 8.58. The Labute approximate surface area is 124 Å². The summed E-state index contributed by atoms with van der Waals surface area (Å²) in [5.74, 6) is -3.25. The Morgan fingerprint density at radius 3 is 2.71 bits per heavy atom. The van der Waals surface area contributed by atoms with Gasteiger partial charge in [-0.2, -0.15) is 18.3 Å². The van der Waals surface area contributed by atoms with Gasteiger partial charge in [0, 0.05) is 5.92 Å². The van der Waals surface area contributed by atoms with Gasteiger partial charge in [-0.1, -0.05) is 25.1 Å². The lowest BCUT2D eigenvalue weighted by Gasteiger charge is -2.31. The molecule has 1 aromatic heterocycles. The Morgan fingerprint density at radius 2 is 2.10 bits per heavy atom. The van der Waals surface area contributed by atoms with Crippen LogP contribution in [0.2, 0.25) is 0 Å². The molecule has 1 aliphatic carbocycles. The highest BCUT2D eigenvalue weighted by molar-refractivity contribution is 7.80. The van der Waals surface area contributed by atoms with Gasteiger partial charge in [0.2, 0.25) is 5.91 Å². The number of hydrogen-bond acceptors (Lipinski definition) is 3. The first-order valence-electron chi connectivity index (χ1n) is 6.51. The van der Waals surface area contributed by atoms with Gasteiger partial charge in [-0.3, -0.25) is 9.89 Å². The Hall–Kier alpha value is -1.64. The third-order valence-electron chi connectivity index (χ3n) is 3.68. The second-order valence-electron chi connectivity index (χ2n) is 5.05. The quantitative estimate of drug-likeness (QED) is 0.747. The summed E-state index contributed by atoms with van der Waals surface area (Å²) in [7, 11) is 0. The number of aromatic nitrogens is 2. The summed E-state index contributed by atoms with van der Waals surface area (Å²) in [5.41, 5.74) is 5.75. The lowest BCUT2D eigenvalue weighted by atomic mass is 9.78. The van der Waals surface area contributed by atoms with Crippen molar-refractivity contribution in [3.05, 3.63) is 11.8 Å². The standard InChI is InChI=1S/C12H15F3N4OS/c13-12(14,15)8-4-2-1-3-6(8)11(20)18-10-7(9(16)21)5-17-19-10/h5-6,8H,1-4H2,(H2,16,21)(H2,17,18,19,20). The van der Waals surface area contributed by atoms with Gasteiger partial charge < -0.3 is 11.1 Å². The minimum absolute atomic E-state index is 0.00932. The van der Waals surface area contributed by atoms with E-state index in [4.69, 9.17) is 18.0 Å². The molecule has 2 rings (SSSR count). The third kappa shape index (κ3) is 3.52. The molecule has 0 radical (unpaired) electrons. The van der Waals surface area contributed by atoms with Crippen LogP contribution in [0, 0.1) is 11.8 Å². The Balaban J connectivity index is 2.14. The summed E-state index contributed by atoms with van der Waals surface area (Å²) in [6, 6.07) is 0. The average molecular weight is 320 g/mol. The molecule has 0 bridgehead atoms. The van der Waals surface area contributed by atoms with Crippen molar-refractivity contribution in [3.63, 3.8) is 0 Å². The number of aromatic amines is 1. The Morgan fingerprint density at radius 1 is 1.43 bits per heavy atom. The number of carbonyl (C=O) groups excluding carboxylic acids is 1. The number of amides is 1. The zero-order valence-corrected chi connectivity index (χ0v) is 11.9. The van der Waals surface area contributed by atoms with Crippen LogP contribution in [-0.2, 0) is 4.79 Å². The number of alkyl halides is 3. The monoisotopic (exact) mass is 320 g/mol. The predicted molar refractivity (Wildman–Crippen MR) is 74.6 cm³/mol. The fourth-order valence-electron chi connectivity index (χ4n) is 2.62. The van der Waals surface area contributed by atoms with Crippen LogP contribution in [-0.4, -0.2) is 27.3 Å². The molecule has 21 heavy (non-hydrogen) atoms. The summed E-state index contributed by atoms with van der Waals surface area (Å²) >= 11 is 4.78. The number of hydrogen-bond donors (Lipinski definition) is 3. The number of nitrogens with two attached hydrogens (primary N) is 1. The van der Waals surface area contributed by atoms with Crippen LogP contribution in [0.4, 0.5) is 19.0 Å². The van der Waals surface area contributed by atoms with Crippen molar-refractivity contribution in [2.24, 2.45) is 17.6 Å². The fraction of sp³-hybridized carbons (Fsp3) is 0.583. The maximum Gasteiger partial charge on any atom is 0.392 e. The molecule has 4 N–H and O–H groups in total. The smallest absolute Gasteiger partial charge is 0.389 e. The Bertz CT molecular complexity index is 543. The highest BCUT2D eigenvalue weighted by atomic mass is 32.1. The summed E-state index contributed by atoms with van der Waals surface area (Å²) < 4.78 is 39.0. The van der Waals surface area contributed by atoms with E-state index in [2.05, 4.69) is 15.5 Å². The second-order valence-corrected chi connectivity index (χ2v) is 5.49. The van der Waals surface area contributed by atoms with E-state index in [1.165, 1.54) is 6.20 Å². The van der Waals surface area contributed by atoms with Crippen molar-refractivity contribution in [1.29, 1.82) is 0 Å². The molecule has 1 aromatic rings. The van der Waals surface area contributed by atoms with Crippen LogP contribution in [0.25, 0.3) is 0 Å². The number of nitrogens with one attached hydrogen (secondary N) is 2. The number of anilines is 1. The van der Waals surface area contributed by atoms with Gasteiger partial charge in [0.05, 0.1) is 17.7 Å². The van der Waals surface area contributed by atoms with Gasteiger partial charge >= 0.3 is 6.18 Å². The third-order valence-corrected chi connectivity index (χ3v) is 3.90. The van der Waals surface area contributed by atoms with Crippen LogP contribution in [0.15, 0.2) is 6.20 Å². The van der Waals surface area contributed by atoms with Crippen molar-refractivity contribution >= 4 is 28.9 Å². The van der Waals surface area contributed by atoms with Crippen molar-refractivity contribution in [2.75, 3.05) is 5.32 Å². The van der Waals surface area contributed by atoms with Gasteiger partial charge in [-0.05, 0) is 12.8 Å². The lowest BCUT2D eigenvalue weighted by molar-refractivity contribution is -0.197. The molecule has 5 nitrogen and oxygen atoms in total. The number of thiocarbonyl (C=S) groups is 1. The number of H-pyrrole nitrogens is 1. The minimum Gasteiger partial charge on any atom is -0.389 e. The van der Waals surface area contributed by atoms with Gasteiger partial charge in [-0.15, -0.1) is 0 Å². The summed E-state index contributed by atoms with van der Waals surface area (Å²) in [4.78, 5) is 12.2. The van der Waals surface area contributed by atoms with Gasteiger partial charge in [0.25, 0.3) is 0 Å². The molecule has 116 valence electrons. The lowest BCUT2D eigenvalue weighted by Crippen LogP contribution is -2.40. The van der Waals surface area contributed by atoms with E-state index in [1.807, 2.05) is 0 Å². The maximum absolute atomic E-state index is 13.0.